The van der Waals surface area contributed by atoms with Crippen LogP contribution >= 0.6 is 0 Å². The topological polar surface area (TPSA) is 68.1 Å². The predicted molar refractivity (Wildman–Crippen MR) is 56.7 cm³/mol. The number of anilines is 1. The first-order chi connectivity index (χ1) is 6.99. The van der Waals surface area contributed by atoms with Crippen LogP contribution in [0.2, 0.25) is 0 Å². The maximum absolute atomic E-state index is 10.4. The monoisotopic (exact) mass is 207 g/mol. The second-order valence-electron chi connectivity index (χ2n) is 4.55. The zero-order valence-corrected chi connectivity index (χ0v) is 8.73. The van der Waals surface area contributed by atoms with Gasteiger partial charge in [-0.2, -0.15) is 0 Å². The predicted octanol–water partition coefficient (Wildman–Crippen LogP) is 2.20. The third-order valence-electron chi connectivity index (χ3n) is 2.79. The Morgan fingerprint density at radius 3 is 2.67 bits per heavy atom. The Bertz CT molecular complexity index is 386. The van der Waals surface area contributed by atoms with Crippen molar-refractivity contribution in [3.05, 3.63) is 28.4 Å². The van der Waals surface area contributed by atoms with Gasteiger partial charge in [0.25, 0.3) is 0 Å². The van der Waals surface area contributed by atoms with Crippen molar-refractivity contribution in [3.8, 4) is 0 Å². The first-order valence-corrected chi connectivity index (χ1v) is 4.86. The fourth-order valence-corrected chi connectivity index (χ4v) is 1.49. The van der Waals surface area contributed by atoms with E-state index < -0.39 is 4.92 Å². The maximum Gasteiger partial charge on any atom is 0.363 e. The number of rotatable bonds is 3. The van der Waals surface area contributed by atoms with Gasteiger partial charge in [0.05, 0.1) is 5.69 Å². The van der Waals surface area contributed by atoms with Crippen molar-refractivity contribution in [1.82, 2.24) is 4.98 Å². The Balaban J connectivity index is 2.02. The maximum atomic E-state index is 10.4. The number of hydrogen-bond donors (Lipinski definition) is 1. The zero-order chi connectivity index (χ0) is 11.1. The summed E-state index contributed by atoms with van der Waals surface area (Å²) in [4.78, 5) is 13.6. The van der Waals surface area contributed by atoms with Crippen molar-refractivity contribution < 1.29 is 4.92 Å². The molecule has 1 aliphatic rings. The normalized spacial score (nSPS) is 22.1. The van der Waals surface area contributed by atoms with Gasteiger partial charge in [-0.05, 0) is 27.8 Å². The van der Waals surface area contributed by atoms with Gasteiger partial charge in [0.2, 0.25) is 0 Å². The lowest BCUT2D eigenvalue weighted by atomic mass is 10.2. The van der Waals surface area contributed by atoms with Crippen molar-refractivity contribution in [1.29, 1.82) is 0 Å². The number of nitrogens with zero attached hydrogens (tertiary/aromatic N) is 2. The Hall–Kier alpha value is -1.65. The summed E-state index contributed by atoms with van der Waals surface area (Å²) >= 11 is 0. The van der Waals surface area contributed by atoms with Gasteiger partial charge in [-0.1, -0.05) is 13.8 Å². The molecule has 0 bridgehead atoms. The molecule has 1 atom stereocenters. The summed E-state index contributed by atoms with van der Waals surface area (Å²) in [7, 11) is 0. The lowest BCUT2D eigenvalue weighted by molar-refractivity contribution is -0.389. The molecule has 1 unspecified atom stereocenters. The van der Waals surface area contributed by atoms with Crippen LogP contribution in [0.15, 0.2) is 18.3 Å². The molecule has 0 amide bonds. The molecule has 5 heteroatoms. The van der Waals surface area contributed by atoms with E-state index in [4.69, 9.17) is 0 Å². The zero-order valence-electron chi connectivity index (χ0n) is 8.73. The number of nitrogens with one attached hydrogen (secondary N) is 1. The van der Waals surface area contributed by atoms with Crippen molar-refractivity contribution >= 4 is 11.5 Å². The van der Waals surface area contributed by atoms with Crippen LogP contribution in [-0.2, 0) is 0 Å². The van der Waals surface area contributed by atoms with Crippen molar-refractivity contribution in [2.45, 2.75) is 26.3 Å². The summed E-state index contributed by atoms with van der Waals surface area (Å²) in [6.45, 7) is 4.37. The average molecular weight is 207 g/mol. The number of pyridine rings is 1. The molecule has 0 saturated heterocycles. The summed E-state index contributed by atoms with van der Waals surface area (Å²) in [6, 6.07) is 3.57. The average Bonchev–Trinajstić information content (AvgIpc) is 2.74. The van der Waals surface area contributed by atoms with Gasteiger partial charge in [0.15, 0.2) is 6.20 Å². The second-order valence-corrected chi connectivity index (χ2v) is 4.55. The summed E-state index contributed by atoms with van der Waals surface area (Å²) in [5.74, 6) is -0.115. The van der Waals surface area contributed by atoms with Gasteiger partial charge >= 0.3 is 5.82 Å². The molecule has 1 fully saturated rings. The molecular weight excluding hydrogens is 194 g/mol. The SMILES string of the molecule is CC1(C)CC1Nc1ccc([N+](=O)[O-])nc1. The largest absolute Gasteiger partial charge is 0.379 e. The molecule has 0 aromatic carbocycles. The molecule has 1 saturated carbocycles. The molecule has 1 aromatic rings. The fourth-order valence-electron chi connectivity index (χ4n) is 1.49. The van der Waals surface area contributed by atoms with Crippen molar-refractivity contribution in [2.75, 3.05) is 5.32 Å². The second kappa shape index (κ2) is 3.18. The molecule has 1 aromatic heterocycles. The molecule has 0 spiro atoms. The first kappa shape index (κ1) is 9.89. The van der Waals surface area contributed by atoms with E-state index in [0.29, 0.717) is 11.5 Å². The molecule has 0 aliphatic heterocycles. The Morgan fingerprint density at radius 2 is 2.27 bits per heavy atom. The van der Waals surface area contributed by atoms with E-state index >= 15 is 0 Å². The van der Waals surface area contributed by atoms with Crippen LogP contribution in [0, 0.1) is 15.5 Å². The molecule has 1 aliphatic carbocycles. The highest BCUT2D eigenvalue weighted by Gasteiger charge is 2.45. The van der Waals surface area contributed by atoms with Crippen LogP contribution in [0.25, 0.3) is 0 Å². The fraction of sp³-hybridized carbons (Fsp3) is 0.500. The molecule has 1 N–H and O–H groups in total. The van der Waals surface area contributed by atoms with Gasteiger partial charge in [-0.3, -0.25) is 0 Å². The van der Waals surface area contributed by atoms with Crippen LogP contribution in [-0.4, -0.2) is 15.9 Å². The Morgan fingerprint density at radius 1 is 1.60 bits per heavy atom. The molecule has 0 radical (unpaired) electrons. The molecule has 80 valence electrons. The van der Waals surface area contributed by atoms with E-state index in [2.05, 4.69) is 24.1 Å². The van der Waals surface area contributed by atoms with Gasteiger partial charge < -0.3 is 15.4 Å². The number of nitro groups is 1. The van der Waals surface area contributed by atoms with Crippen molar-refractivity contribution in [3.63, 3.8) is 0 Å². The smallest absolute Gasteiger partial charge is 0.363 e. The van der Waals surface area contributed by atoms with Crippen LogP contribution in [0.1, 0.15) is 20.3 Å². The van der Waals surface area contributed by atoms with Gasteiger partial charge in [-0.25, -0.2) is 0 Å². The van der Waals surface area contributed by atoms with E-state index in [1.807, 2.05) is 0 Å². The standard InChI is InChI=1S/C10H13N3O2/c1-10(2)5-8(10)12-7-3-4-9(11-6-7)13(14)15/h3-4,6,8,12H,5H2,1-2H3. The van der Waals surface area contributed by atoms with Gasteiger partial charge in [-0.15, -0.1) is 0 Å². The quantitative estimate of drug-likeness (QED) is 0.609. The van der Waals surface area contributed by atoms with Crippen molar-refractivity contribution in [2.24, 2.45) is 5.41 Å². The molecule has 1 heterocycles. The lowest BCUT2D eigenvalue weighted by Gasteiger charge is -2.05. The van der Waals surface area contributed by atoms with Gasteiger partial charge in [0, 0.05) is 12.1 Å². The highest BCUT2D eigenvalue weighted by molar-refractivity contribution is 5.46. The van der Waals surface area contributed by atoms with Crippen LogP contribution in [0.3, 0.4) is 0 Å². The van der Waals surface area contributed by atoms with Crippen LogP contribution in [0.5, 0.6) is 0 Å². The van der Waals surface area contributed by atoms with E-state index in [1.165, 1.54) is 12.3 Å². The van der Waals surface area contributed by atoms with E-state index in [1.54, 1.807) is 6.07 Å². The minimum absolute atomic E-state index is 0.115. The van der Waals surface area contributed by atoms with E-state index in [9.17, 15) is 10.1 Å². The number of aromatic nitrogens is 1. The molecule has 15 heavy (non-hydrogen) atoms. The highest BCUT2D eigenvalue weighted by Crippen LogP contribution is 2.46. The van der Waals surface area contributed by atoms with Crippen LogP contribution in [0.4, 0.5) is 11.5 Å². The summed E-state index contributed by atoms with van der Waals surface area (Å²) in [5, 5.41) is 13.7. The lowest BCUT2D eigenvalue weighted by Crippen LogP contribution is -2.08. The van der Waals surface area contributed by atoms with Crippen LogP contribution < -0.4 is 5.32 Å². The molecular formula is C10H13N3O2. The number of hydrogen-bond acceptors (Lipinski definition) is 4. The Kier molecular flexibility index (Phi) is 2.10. The molecule has 2 rings (SSSR count). The minimum Gasteiger partial charge on any atom is -0.379 e. The van der Waals surface area contributed by atoms with Gasteiger partial charge in [0.1, 0.15) is 0 Å². The summed E-state index contributed by atoms with van der Waals surface area (Å²) < 4.78 is 0. The minimum atomic E-state index is -0.495. The summed E-state index contributed by atoms with van der Waals surface area (Å²) in [6.07, 6.45) is 2.64. The third-order valence-corrected chi connectivity index (χ3v) is 2.79. The molecule has 5 nitrogen and oxygen atoms in total. The Labute approximate surface area is 87.7 Å². The summed E-state index contributed by atoms with van der Waals surface area (Å²) in [5.41, 5.74) is 1.18. The van der Waals surface area contributed by atoms with E-state index in [-0.39, 0.29) is 5.82 Å². The first-order valence-electron chi connectivity index (χ1n) is 4.86. The van der Waals surface area contributed by atoms with E-state index in [0.717, 1.165) is 12.1 Å². The highest BCUT2D eigenvalue weighted by atomic mass is 16.6. The third kappa shape index (κ3) is 2.06.